The normalized spacial score (nSPS) is 14.2. The maximum absolute atomic E-state index is 12.3. The number of amides is 1. The molecule has 6 nitrogen and oxygen atoms in total. The average molecular weight is 321 g/mol. The number of anilines is 1. The lowest BCUT2D eigenvalue weighted by Gasteiger charge is -2.16. The van der Waals surface area contributed by atoms with E-state index in [9.17, 15) is 4.79 Å². The number of carbonyl (C=O) groups is 1. The zero-order valence-electron chi connectivity index (χ0n) is 13.3. The van der Waals surface area contributed by atoms with E-state index in [1.807, 2.05) is 30.5 Å². The molecule has 24 heavy (non-hydrogen) atoms. The number of carbonyl (C=O) groups excluding carboxylic acids is 1. The van der Waals surface area contributed by atoms with Crippen molar-refractivity contribution in [3.8, 4) is 0 Å². The Balaban J connectivity index is 1.39. The number of aromatic nitrogens is 3. The molecule has 0 bridgehead atoms. The molecule has 1 amide bonds. The summed E-state index contributed by atoms with van der Waals surface area (Å²) in [6.45, 7) is 2.63. The van der Waals surface area contributed by atoms with Gasteiger partial charge in [0.05, 0.1) is 17.4 Å². The van der Waals surface area contributed by atoms with Crippen molar-refractivity contribution in [3.63, 3.8) is 0 Å². The molecule has 2 N–H and O–H groups in total. The van der Waals surface area contributed by atoms with Gasteiger partial charge in [-0.2, -0.15) is 0 Å². The van der Waals surface area contributed by atoms with Gasteiger partial charge in [-0.15, -0.1) is 0 Å². The van der Waals surface area contributed by atoms with Gasteiger partial charge in [0.1, 0.15) is 5.82 Å². The standard InChI is InChI=1S/C18H19N5O/c24-18(14-4-5-15-16(9-14)22-12-21-15)20-11-13-3-6-17(19-10-13)23-7-1-2-8-23/h3-6,9-10,12H,1-2,7-8,11H2,(H,20,24)(H,21,22). The molecule has 3 aromatic rings. The smallest absolute Gasteiger partial charge is 0.251 e. The number of imidazole rings is 1. The fraction of sp³-hybridized carbons (Fsp3) is 0.278. The summed E-state index contributed by atoms with van der Waals surface area (Å²) in [5.74, 6) is 0.919. The van der Waals surface area contributed by atoms with E-state index in [4.69, 9.17) is 0 Å². The van der Waals surface area contributed by atoms with Gasteiger partial charge in [0.25, 0.3) is 5.91 Å². The molecule has 1 fully saturated rings. The first-order valence-electron chi connectivity index (χ1n) is 8.21. The molecule has 0 aliphatic carbocycles. The molecular weight excluding hydrogens is 302 g/mol. The van der Waals surface area contributed by atoms with Crippen molar-refractivity contribution in [2.75, 3.05) is 18.0 Å². The van der Waals surface area contributed by atoms with E-state index in [2.05, 4.69) is 25.2 Å². The predicted molar refractivity (Wildman–Crippen MR) is 92.9 cm³/mol. The topological polar surface area (TPSA) is 73.9 Å². The summed E-state index contributed by atoms with van der Waals surface area (Å²) in [5.41, 5.74) is 3.33. The second kappa shape index (κ2) is 6.31. The van der Waals surface area contributed by atoms with Crippen molar-refractivity contribution in [1.82, 2.24) is 20.3 Å². The third-order valence-corrected chi connectivity index (χ3v) is 4.37. The summed E-state index contributed by atoms with van der Waals surface area (Å²) in [6, 6.07) is 9.50. The van der Waals surface area contributed by atoms with Gasteiger partial charge in [-0.25, -0.2) is 9.97 Å². The van der Waals surface area contributed by atoms with Crippen molar-refractivity contribution in [2.24, 2.45) is 0 Å². The number of aromatic amines is 1. The quantitative estimate of drug-likeness (QED) is 0.774. The highest BCUT2D eigenvalue weighted by Crippen LogP contribution is 2.17. The van der Waals surface area contributed by atoms with Crippen molar-refractivity contribution < 1.29 is 4.79 Å². The predicted octanol–water partition coefficient (Wildman–Crippen LogP) is 2.49. The first-order valence-corrected chi connectivity index (χ1v) is 8.21. The SMILES string of the molecule is O=C(NCc1ccc(N2CCCC2)nc1)c1ccc2nc[nH]c2c1. The van der Waals surface area contributed by atoms with Crippen molar-refractivity contribution in [2.45, 2.75) is 19.4 Å². The molecule has 3 heterocycles. The van der Waals surface area contributed by atoms with E-state index in [1.165, 1.54) is 12.8 Å². The van der Waals surface area contributed by atoms with Crippen LogP contribution in [-0.4, -0.2) is 33.9 Å². The van der Waals surface area contributed by atoms with Crippen LogP contribution in [0.2, 0.25) is 0 Å². The number of nitrogens with zero attached hydrogens (tertiary/aromatic N) is 3. The molecule has 1 aromatic carbocycles. The number of hydrogen-bond donors (Lipinski definition) is 2. The number of hydrogen-bond acceptors (Lipinski definition) is 4. The molecule has 2 aromatic heterocycles. The third-order valence-electron chi connectivity index (χ3n) is 4.37. The van der Waals surface area contributed by atoms with Crippen molar-refractivity contribution in [1.29, 1.82) is 0 Å². The van der Waals surface area contributed by atoms with Gasteiger partial charge in [0.15, 0.2) is 0 Å². The number of fused-ring (bicyclic) bond motifs is 1. The number of H-pyrrole nitrogens is 1. The molecule has 4 rings (SSSR count). The van der Waals surface area contributed by atoms with E-state index in [0.717, 1.165) is 35.5 Å². The van der Waals surface area contributed by atoms with Crippen LogP contribution in [-0.2, 0) is 6.54 Å². The highest BCUT2D eigenvalue weighted by atomic mass is 16.1. The highest BCUT2D eigenvalue weighted by molar-refractivity contribution is 5.97. The molecule has 0 spiro atoms. The zero-order valence-corrected chi connectivity index (χ0v) is 13.3. The summed E-state index contributed by atoms with van der Waals surface area (Å²) < 4.78 is 0. The molecule has 1 aliphatic heterocycles. The second-order valence-electron chi connectivity index (χ2n) is 6.04. The molecule has 0 atom stereocenters. The number of nitrogens with one attached hydrogen (secondary N) is 2. The minimum absolute atomic E-state index is 0.102. The summed E-state index contributed by atoms with van der Waals surface area (Å²) in [4.78, 5) is 26.3. The molecule has 6 heteroatoms. The van der Waals surface area contributed by atoms with Gasteiger partial charge in [0, 0.05) is 31.4 Å². The molecule has 0 unspecified atom stereocenters. The van der Waals surface area contributed by atoms with Gasteiger partial charge in [0.2, 0.25) is 0 Å². The Hall–Kier alpha value is -2.89. The van der Waals surface area contributed by atoms with Gasteiger partial charge in [-0.1, -0.05) is 6.07 Å². The van der Waals surface area contributed by atoms with Crippen LogP contribution < -0.4 is 10.2 Å². The van der Waals surface area contributed by atoms with Crippen LogP contribution in [0.25, 0.3) is 11.0 Å². The van der Waals surface area contributed by atoms with Crippen LogP contribution >= 0.6 is 0 Å². The van der Waals surface area contributed by atoms with Gasteiger partial charge in [-0.3, -0.25) is 4.79 Å². The summed E-state index contributed by atoms with van der Waals surface area (Å²) in [7, 11) is 0. The van der Waals surface area contributed by atoms with E-state index in [-0.39, 0.29) is 5.91 Å². The molecule has 0 saturated carbocycles. The fourth-order valence-electron chi connectivity index (χ4n) is 3.02. The van der Waals surface area contributed by atoms with Gasteiger partial charge >= 0.3 is 0 Å². The number of rotatable bonds is 4. The zero-order chi connectivity index (χ0) is 16.4. The Morgan fingerprint density at radius 2 is 2.04 bits per heavy atom. The van der Waals surface area contributed by atoms with Crippen LogP contribution in [0.5, 0.6) is 0 Å². The lowest BCUT2D eigenvalue weighted by atomic mass is 10.2. The molecular formula is C18H19N5O. The van der Waals surface area contributed by atoms with Gasteiger partial charge < -0.3 is 15.2 Å². The van der Waals surface area contributed by atoms with E-state index < -0.39 is 0 Å². The van der Waals surface area contributed by atoms with Crippen LogP contribution in [0.1, 0.15) is 28.8 Å². The lowest BCUT2D eigenvalue weighted by Crippen LogP contribution is -2.23. The maximum Gasteiger partial charge on any atom is 0.251 e. The first-order chi connectivity index (χ1) is 11.8. The van der Waals surface area contributed by atoms with Crippen LogP contribution in [0.15, 0.2) is 42.9 Å². The minimum atomic E-state index is -0.102. The maximum atomic E-state index is 12.3. The fourth-order valence-corrected chi connectivity index (χ4v) is 3.02. The third kappa shape index (κ3) is 2.95. The Kier molecular flexibility index (Phi) is 3.86. The number of pyridine rings is 1. The Labute approximate surface area is 139 Å². The number of benzene rings is 1. The summed E-state index contributed by atoms with van der Waals surface area (Å²) in [5, 5.41) is 2.93. The Bertz CT molecular complexity index is 849. The molecule has 1 aliphatic rings. The van der Waals surface area contributed by atoms with Crippen molar-refractivity contribution >= 4 is 22.8 Å². The summed E-state index contributed by atoms with van der Waals surface area (Å²) >= 11 is 0. The Morgan fingerprint density at radius 1 is 1.17 bits per heavy atom. The molecule has 122 valence electrons. The average Bonchev–Trinajstić information content (AvgIpc) is 3.30. The van der Waals surface area contributed by atoms with Crippen molar-refractivity contribution in [3.05, 3.63) is 54.0 Å². The monoisotopic (exact) mass is 321 g/mol. The first kappa shape index (κ1) is 14.7. The largest absolute Gasteiger partial charge is 0.357 e. The van der Waals surface area contributed by atoms with E-state index >= 15 is 0 Å². The van der Waals surface area contributed by atoms with Crippen LogP contribution in [0.3, 0.4) is 0 Å². The van der Waals surface area contributed by atoms with Gasteiger partial charge in [-0.05, 0) is 42.7 Å². The molecule has 1 saturated heterocycles. The lowest BCUT2D eigenvalue weighted by molar-refractivity contribution is 0.0951. The minimum Gasteiger partial charge on any atom is -0.357 e. The van der Waals surface area contributed by atoms with E-state index in [0.29, 0.717) is 12.1 Å². The highest BCUT2D eigenvalue weighted by Gasteiger charge is 2.13. The molecule has 0 radical (unpaired) electrons. The Morgan fingerprint density at radius 3 is 2.83 bits per heavy atom. The van der Waals surface area contributed by atoms with Crippen LogP contribution in [0.4, 0.5) is 5.82 Å². The second-order valence-corrected chi connectivity index (χ2v) is 6.04. The van der Waals surface area contributed by atoms with Crippen LogP contribution in [0, 0.1) is 0 Å². The summed E-state index contributed by atoms with van der Waals surface area (Å²) in [6.07, 6.45) is 5.94. The van der Waals surface area contributed by atoms with E-state index in [1.54, 1.807) is 12.4 Å².